The van der Waals surface area contributed by atoms with E-state index in [0.717, 1.165) is 0 Å². The van der Waals surface area contributed by atoms with E-state index in [1.807, 2.05) is 13.8 Å². The molecule has 0 fully saturated rings. The minimum atomic E-state index is -1.24. The molecule has 0 aliphatic rings. The maximum absolute atomic E-state index is 13.7. The molecule has 0 bridgehead atoms. The van der Waals surface area contributed by atoms with Crippen LogP contribution < -0.4 is 43.8 Å². The number of aliphatic carboxylic acids is 1. The first-order chi connectivity index (χ1) is 26.3. The number of benzene rings is 2. The molecule has 0 heterocycles. The van der Waals surface area contributed by atoms with E-state index in [2.05, 4.69) is 31.6 Å². The average Bonchev–Trinajstić information content (AvgIpc) is 3.12. The number of nitrogens with two attached hydrogens (primary N) is 3. The number of phenols is 2. The maximum atomic E-state index is 13.7. The summed E-state index contributed by atoms with van der Waals surface area (Å²) in [6.07, 6.45) is 0.844. The number of hydrogen-bond donors (Lipinski definition) is 11. The van der Waals surface area contributed by atoms with E-state index in [1.54, 1.807) is 38.1 Å². The molecule has 0 aromatic heterocycles. The Morgan fingerprint density at radius 3 is 1.55 bits per heavy atom. The van der Waals surface area contributed by atoms with Crippen molar-refractivity contribution >= 4 is 41.5 Å². The van der Waals surface area contributed by atoms with Gasteiger partial charge in [-0.3, -0.25) is 29.0 Å². The second kappa shape index (κ2) is 23.1. The summed E-state index contributed by atoms with van der Waals surface area (Å²) < 4.78 is 0. The quantitative estimate of drug-likeness (QED) is 0.0386. The van der Waals surface area contributed by atoms with Crippen molar-refractivity contribution in [1.29, 1.82) is 0 Å². The number of phenolic OH excluding ortho intramolecular Hbond substituents is 2. The second-order valence-corrected chi connectivity index (χ2v) is 14.4. The fraction of sp³-hybridized carbons (Fsp3) is 0.500. The fourth-order valence-corrected chi connectivity index (χ4v) is 5.56. The Kier molecular flexibility index (Phi) is 19.1. The number of carboxylic acid groups (broad SMARTS) is 1. The van der Waals surface area contributed by atoms with Crippen LogP contribution in [0, 0.1) is 11.8 Å². The van der Waals surface area contributed by atoms with Crippen LogP contribution in [0.4, 0.5) is 0 Å². The Labute approximate surface area is 326 Å². The third kappa shape index (κ3) is 17.5. The standard InChI is InChI=1S/C38H57N9O9/c1-21(2)16-28(46-36(54)30(19-24-9-13-26(49)14-10-24)45-33(51)27(39)6-5-15-42-38(40)41)34(52)43-20-32(50)44-29(18-23-7-11-25(48)12-8-23)35(53)47-31(37(55)56)17-22(3)4/h7-14,21-22,27-31,48-49H,5-6,15-20,39H2,1-4H3,(H,43,52)(H,44,50)(H,45,51)(H,46,54)(H,47,53)(H,55,56)(H4,40,41,42)/t27-,28+,29+,30-,31+/m1/s1. The van der Waals surface area contributed by atoms with Crippen LogP contribution in [0.2, 0.25) is 0 Å². The molecule has 5 atom stereocenters. The van der Waals surface area contributed by atoms with Gasteiger partial charge in [-0.25, -0.2) is 4.79 Å². The number of nitrogens with one attached hydrogen (secondary N) is 5. The van der Waals surface area contributed by atoms with Gasteiger partial charge < -0.3 is 59.1 Å². The van der Waals surface area contributed by atoms with Crippen molar-refractivity contribution in [3.8, 4) is 11.5 Å². The first-order valence-electron chi connectivity index (χ1n) is 18.4. The zero-order valence-electron chi connectivity index (χ0n) is 32.3. The molecule has 2 rings (SSSR count). The van der Waals surface area contributed by atoms with E-state index in [9.17, 15) is 44.1 Å². The van der Waals surface area contributed by atoms with Gasteiger partial charge in [-0.15, -0.1) is 0 Å². The highest BCUT2D eigenvalue weighted by molar-refractivity contribution is 5.95. The van der Waals surface area contributed by atoms with Gasteiger partial charge in [0.25, 0.3) is 0 Å². The number of amides is 5. The topological polar surface area (TPSA) is 314 Å². The van der Waals surface area contributed by atoms with Crippen LogP contribution in [0.15, 0.2) is 53.5 Å². The zero-order chi connectivity index (χ0) is 41.9. The summed E-state index contributed by atoms with van der Waals surface area (Å²) >= 11 is 0. The van der Waals surface area contributed by atoms with E-state index >= 15 is 0 Å². The molecular formula is C38H57N9O9. The van der Waals surface area contributed by atoms with Gasteiger partial charge in [-0.05, 0) is 72.9 Å². The predicted molar refractivity (Wildman–Crippen MR) is 209 cm³/mol. The highest BCUT2D eigenvalue weighted by Gasteiger charge is 2.31. The average molecular weight is 784 g/mol. The minimum absolute atomic E-state index is 0.00201. The molecule has 0 aliphatic carbocycles. The Morgan fingerprint density at radius 1 is 0.643 bits per heavy atom. The van der Waals surface area contributed by atoms with Gasteiger partial charge in [0.2, 0.25) is 29.5 Å². The van der Waals surface area contributed by atoms with E-state index in [1.165, 1.54) is 24.3 Å². The summed E-state index contributed by atoms with van der Waals surface area (Å²) in [7, 11) is 0. The third-order valence-corrected chi connectivity index (χ3v) is 8.43. The lowest BCUT2D eigenvalue weighted by Crippen LogP contribution is -2.57. The first kappa shape index (κ1) is 46.2. The van der Waals surface area contributed by atoms with Crippen molar-refractivity contribution in [2.24, 2.45) is 34.0 Å². The fourth-order valence-electron chi connectivity index (χ4n) is 5.56. The summed E-state index contributed by atoms with van der Waals surface area (Å²) in [6.45, 7) is 6.91. The highest BCUT2D eigenvalue weighted by atomic mass is 16.4. The monoisotopic (exact) mass is 783 g/mol. The minimum Gasteiger partial charge on any atom is -0.508 e. The molecule has 5 amide bonds. The number of guanidine groups is 1. The maximum Gasteiger partial charge on any atom is 0.326 e. The Hall–Kier alpha value is -5.91. The number of hydrogen-bond acceptors (Lipinski definition) is 10. The van der Waals surface area contributed by atoms with Crippen molar-refractivity contribution in [3.05, 3.63) is 59.7 Å². The van der Waals surface area contributed by atoms with Crippen molar-refractivity contribution < 1.29 is 44.1 Å². The smallest absolute Gasteiger partial charge is 0.326 e. The second-order valence-electron chi connectivity index (χ2n) is 14.4. The molecule has 56 heavy (non-hydrogen) atoms. The molecule has 308 valence electrons. The molecule has 0 aliphatic heterocycles. The SMILES string of the molecule is CC(C)C[C@H](NC(=O)[C@H](Cc1ccc(O)cc1)NC(=O)CNC(=O)[C@H](CC(C)C)NC(=O)[C@@H](Cc1ccc(O)cc1)NC(=O)[C@H](N)CCCN=C(N)N)C(=O)O. The van der Waals surface area contributed by atoms with E-state index < -0.39 is 72.3 Å². The van der Waals surface area contributed by atoms with Crippen molar-refractivity contribution in [2.75, 3.05) is 13.1 Å². The van der Waals surface area contributed by atoms with E-state index in [-0.39, 0.29) is 67.9 Å². The predicted octanol–water partition coefficient (Wildman–Crippen LogP) is -0.504. The number of rotatable bonds is 23. The molecule has 2 aromatic rings. The number of aliphatic imine (C=N–C) groups is 1. The molecule has 2 aromatic carbocycles. The molecule has 0 radical (unpaired) electrons. The summed E-state index contributed by atoms with van der Waals surface area (Å²) in [5, 5.41) is 41.9. The first-order valence-corrected chi connectivity index (χ1v) is 18.4. The van der Waals surface area contributed by atoms with Crippen LogP contribution in [-0.4, -0.2) is 100 Å². The molecule has 14 N–H and O–H groups in total. The zero-order valence-corrected chi connectivity index (χ0v) is 32.3. The van der Waals surface area contributed by atoms with E-state index in [0.29, 0.717) is 17.5 Å². The van der Waals surface area contributed by atoms with Crippen molar-refractivity contribution in [1.82, 2.24) is 26.6 Å². The molecule has 18 nitrogen and oxygen atoms in total. The number of nitrogens with zero attached hydrogens (tertiary/aromatic N) is 1. The molecule has 0 saturated heterocycles. The molecule has 0 unspecified atom stereocenters. The van der Waals surface area contributed by atoms with Crippen LogP contribution in [0.3, 0.4) is 0 Å². The Bertz CT molecular complexity index is 1650. The largest absolute Gasteiger partial charge is 0.508 e. The van der Waals surface area contributed by atoms with Crippen molar-refractivity contribution in [2.45, 2.75) is 96.4 Å². The summed E-state index contributed by atoms with van der Waals surface area (Å²) in [4.78, 5) is 82.5. The number of aromatic hydroxyl groups is 2. The van der Waals surface area contributed by atoms with Gasteiger partial charge in [0.15, 0.2) is 5.96 Å². The van der Waals surface area contributed by atoms with Gasteiger partial charge in [-0.1, -0.05) is 52.0 Å². The summed E-state index contributed by atoms with van der Waals surface area (Å²) in [6, 6.07) is 6.12. The number of carbonyl (C=O) groups excluding carboxylic acids is 5. The van der Waals surface area contributed by atoms with Crippen LogP contribution in [0.25, 0.3) is 0 Å². The molecule has 0 spiro atoms. The van der Waals surface area contributed by atoms with Gasteiger partial charge in [0.05, 0.1) is 12.6 Å². The molecule has 18 heteroatoms. The number of carboxylic acids is 1. The number of carbonyl (C=O) groups is 6. The molecular weight excluding hydrogens is 726 g/mol. The Balaban J connectivity index is 2.20. The van der Waals surface area contributed by atoms with Gasteiger partial charge in [0.1, 0.15) is 35.7 Å². The summed E-state index contributed by atoms with van der Waals surface area (Å²) in [5.41, 5.74) is 17.9. The third-order valence-electron chi connectivity index (χ3n) is 8.43. The van der Waals surface area contributed by atoms with Gasteiger partial charge >= 0.3 is 5.97 Å². The van der Waals surface area contributed by atoms with Crippen molar-refractivity contribution in [3.63, 3.8) is 0 Å². The van der Waals surface area contributed by atoms with Crippen LogP contribution in [0.1, 0.15) is 64.5 Å². The Morgan fingerprint density at radius 2 is 1.09 bits per heavy atom. The normalized spacial score (nSPS) is 13.7. The van der Waals surface area contributed by atoms with Gasteiger partial charge in [-0.2, -0.15) is 0 Å². The lowest BCUT2D eigenvalue weighted by molar-refractivity contribution is -0.142. The van der Waals surface area contributed by atoms with Crippen LogP contribution in [-0.2, 0) is 41.6 Å². The lowest BCUT2D eigenvalue weighted by Gasteiger charge is -2.25. The summed E-state index contributed by atoms with van der Waals surface area (Å²) in [5.74, 6) is -5.07. The molecule has 0 saturated carbocycles. The van der Waals surface area contributed by atoms with Gasteiger partial charge in [0, 0.05) is 19.4 Å². The van der Waals surface area contributed by atoms with E-state index in [4.69, 9.17) is 17.2 Å². The lowest BCUT2D eigenvalue weighted by atomic mass is 10.0. The highest BCUT2D eigenvalue weighted by Crippen LogP contribution is 2.14. The van der Waals surface area contributed by atoms with Crippen LogP contribution >= 0.6 is 0 Å². The van der Waals surface area contributed by atoms with Crippen LogP contribution in [0.5, 0.6) is 11.5 Å².